The average Bonchev–Trinajstić information content (AvgIpc) is 2.44. The first kappa shape index (κ1) is 15.5. The Morgan fingerprint density at radius 2 is 1.90 bits per heavy atom. The minimum atomic E-state index is 0.300. The van der Waals surface area contributed by atoms with Gasteiger partial charge < -0.3 is 5.32 Å². The summed E-state index contributed by atoms with van der Waals surface area (Å²) in [6, 6.07) is 13.0. The first-order chi connectivity index (χ1) is 9.61. The third kappa shape index (κ3) is 3.84. The highest BCUT2D eigenvalue weighted by Crippen LogP contribution is 2.34. The van der Waals surface area contributed by atoms with Crippen LogP contribution in [0.15, 0.2) is 52.1 Å². The molecular formula is C16H19BrN2S. The van der Waals surface area contributed by atoms with Crippen molar-refractivity contribution >= 4 is 27.7 Å². The van der Waals surface area contributed by atoms with Crippen molar-refractivity contribution in [2.45, 2.75) is 30.2 Å². The van der Waals surface area contributed by atoms with Gasteiger partial charge in [-0.05, 0) is 47.6 Å². The summed E-state index contributed by atoms with van der Waals surface area (Å²) in [4.78, 5) is 4.43. The molecular weight excluding hydrogens is 332 g/mol. The lowest BCUT2D eigenvalue weighted by molar-refractivity contribution is 0.588. The number of pyridine rings is 1. The maximum absolute atomic E-state index is 4.43. The zero-order chi connectivity index (χ0) is 14.5. The SMILES string of the molecule is CNC(c1ccc(C)cc1)C(C)Sc1ncccc1Br. The monoisotopic (exact) mass is 350 g/mol. The molecule has 1 aromatic carbocycles. The van der Waals surface area contributed by atoms with Crippen LogP contribution in [0.1, 0.15) is 24.1 Å². The molecule has 1 aromatic heterocycles. The Balaban J connectivity index is 2.15. The van der Waals surface area contributed by atoms with Crippen LogP contribution in [0.4, 0.5) is 0 Å². The number of nitrogens with zero attached hydrogens (tertiary/aromatic N) is 1. The van der Waals surface area contributed by atoms with Crippen molar-refractivity contribution < 1.29 is 0 Å². The van der Waals surface area contributed by atoms with E-state index in [1.165, 1.54) is 11.1 Å². The van der Waals surface area contributed by atoms with Gasteiger partial charge in [0.2, 0.25) is 0 Å². The molecule has 0 aliphatic carbocycles. The van der Waals surface area contributed by atoms with Gasteiger partial charge in [0.25, 0.3) is 0 Å². The Morgan fingerprint density at radius 3 is 2.50 bits per heavy atom. The third-order valence-corrected chi connectivity index (χ3v) is 5.33. The van der Waals surface area contributed by atoms with Crippen molar-refractivity contribution in [1.29, 1.82) is 0 Å². The smallest absolute Gasteiger partial charge is 0.110 e. The highest BCUT2D eigenvalue weighted by molar-refractivity contribution is 9.10. The standard InChI is InChI=1S/C16H19BrN2S/c1-11-6-8-13(9-7-11)15(18-3)12(2)20-16-14(17)5-4-10-19-16/h4-10,12,15,18H,1-3H3. The molecule has 20 heavy (non-hydrogen) atoms. The van der Waals surface area contributed by atoms with Crippen LogP contribution in [-0.4, -0.2) is 17.3 Å². The number of aryl methyl sites for hydroxylation is 1. The Kier molecular flexibility index (Phi) is 5.64. The first-order valence-corrected chi connectivity index (χ1v) is 8.30. The normalized spacial score (nSPS) is 14.0. The quantitative estimate of drug-likeness (QED) is 0.798. The second-order valence-corrected chi connectivity index (χ2v) is 7.01. The summed E-state index contributed by atoms with van der Waals surface area (Å²) in [6.07, 6.45) is 1.83. The van der Waals surface area contributed by atoms with Gasteiger partial charge in [-0.3, -0.25) is 0 Å². The minimum Gasteiger partial charge on any atom is -0.312 e. The molecule has 2 atom stereocenters. The van der Waals surface area contributed by atoms with Crippen molar-refractivity contribution in [3.63, 3.8) is 0 Å². The van der Waals surface area contributed by atoms with E-state index >= 15 is 0 Å². The van der Waals surface area contributed by atoms with Crippen LogP contribution in [0.3, 0.4) is 0 Å². The topological polar surface area (TPSA) is 24.9 Å². The molecule has 0 fully saturated rings. The summed E-state index contributed by atoms with van der Waals surface area (Å²) in [5.41, 5.74) is 2.60. The number of benzene rings is 1. The Labute approximate surface area is 133 Å². The maximum Gasteiger partial charge on any atom is 0.110 e. The van der Waals surface area contributed by atoms with E-state index in [1.54, 1.807) is 11.8 Å². The van der Waals surface area contributed by atoms with E-state index in [0.29, 0.717) is 11.3 Å². The van der Waals surface area contributed by atoms with E-state index in [4.69, 9.17) is 0 Å². The van der Waals surface area contributed by atoms with Gasteiger partial charge in [-0.15, -0.1) is 11.8 Å². The summed E-state index contributed by atoms with van der Waals surface area (Å²) in [5.74, 6) is 0. The lowest BCUT2D eigenvalue weighted by Crippen LogP contribution is -2.25. The number of halogens is 1. The third-order valence-electron chi connectivity index (χ3n) is 3.24. The second kappa shape index (κ2) is 7.25. The van der Waals surface area contributed by atoms with Crippen molar-refractivity contribution in [3.05, 3.63) is 58.2 Å². The molecule has 1 N–H and O–H groups in total. The van der Waals surface area contributed by atoms with Gasteiger partial charge in [0.05, 0.1) is 0 Å². The van der Waals surface area contributed by atoms with Crippen molar-refractivity contribution in [2.75, 3.05) is 7.05 Å². The van der Waals surface area contributed by atoms with Gasteiger partial charge in [-0.2, -0.15) is 0 Å². The molecule has 0 saturated carbocycles. The van der Waals surface area contributed by atoms with Gasteiger partial charge in [0.15, 0.2) is 0 Å². The lowest BCUT2D eigenvalue weighted by Gasteiger charge is -2.23. The highest BCUT2D eigenvalue weighted by Gasteiger charge is 2.19. The van der Waals surface area contributed by atoms with Gasteiger partial charge in [0.1, 0.15) is 5.03 Å². The van der Waals surface area contributed by atoms with Gasteiger partial charge in [-0.1, -0.05) is 36.8 Å². The van der Waals surface area contributed by atoms with Crippen LogP contribution in [-0.2, 0) is 0 Å². The fourth-order valence-corrected chi connectivity index (χ4v) is 3.77. The Morgan fingerprint density at radius 1 is 1.20 bits per heavy atom. The van der Waals surface area contributed by atoms with E-state index in [9.17, 15) is 0 Å². The van der Waals surface area contributed by atoms with Gasteiger partial charge in [-0.25, -0.2) is 4.98 Å². The largest absolute Gasteiger partial charge is 0.312 e. The van der Waals surface area contributed by atoms with Crippen molar-refractivity contribution in [2.24, 2.45) is 0 Å². The molecule has 2 aromatic rings. The number of hydrogen-bond acceptors (Lipinski definition) is 3. The van der Waals surface area contributed by atoms with Crippen molar-refractivity contribution in [3.8, 4) is 0 Å². The lowest BCUT2D eigenvalue weighted by atomic mass is 10.0. The molecule has 4 heteroatoms. The van der Waals surface area contributed by atoms with Crippen LogP contribution in [0.5, 0.6) is 0 Å². The Hall–Kier alpha value is -0.840. The Bertz CT molecular complexity index is 557. The molecule has 0 amide bonds. The minimum absolute atomic E-state index is 0.300. The van der Waals surface area contributed by atoms with E-state index < -0.39 is 0 Å². The number of thioether (sulfide) groups is 1. The van der Waals surface area contributed by atoms with E-state index in [0.717, 1.165) is 9.50 Å². The number of nitrogens with one attached hydrogen (secondary N) is 1. The van der Waals surface area contributed by atoms with Gasteiger partial charge in [0, 0.05) is 22.0 Å². The molecule has 106 valence electrons. The maximum atomic E-state index is 4.43. The van der Waals surface area contributed by atoms with Crippen LogP contribution in [0, 0.1) is 6.92 Å². The molecule has 0 spiro atoms. The number of rotatable bonds is 5. The molecule has 0 aliphatic rings. The first-order valence-electron chi connectivity index (χ1n) is 6.63. The summed E-state index contributed by atoms with van der Waals surface area (Å²) in [6.45, 7) is 4.34. The molecule has 0 bridgehead atoms. The number of hydrogen-bond donors (Lipinski definition) is 1. The molecule has 2 unspecified atom stereocenters. The predicted octanol–water partition coefficient (Wildman–Crippen LogP) is 4.59. The number of aromatic nitrogens is 1. The zero-order valence-corrected chi connectivity index (χ0v) is 14.3. The fraction of sp³-hybridized carbons (Fsp3) is 0.312. The molecule has 0 aliphatic heterocycles. The molecule has 2 rings (SSSR count). The summed E-state index contributed by atoms with van der Waals surface area (Å²) >= 11 is 5.34. The van der Waals surface area contributed by atoms with Crippen LogP contribution in [0.2, 0.25) is 0 Å². The summed E-state index contributed by atoms with van der Waals surface area (Å²) in [7, 11) is 2.01. The van der Waals surface area contributed by atoms with Crippen molar-refractivity contribution in [1.82, 2.24) is 10.3 Å². The predicted molar refractivity (Wildman–Crippen MR) is 90.2 cm³/mol. The second-order valence-electron chi connectivity index (χ2n) is 4.79. The fourth-order valence-electron chi connectivity index (χ4n) is 2.15. The molecule has 0 saturated heterocycles. The van der Waals surface area contributed by atoms with E-state index in [1.807, 2.05) is 25.4 Å². The van der Waals surface area contributed by atoms with Crippen LogP contribution in [0.25, 0.3) is 0 Å². The van der Waals surface area contributed by atoms with E-state index in [2.05, 4.69) is 64.3 Å². The molecule has 0 radical (unpaired) electrons. The summed E-state index contributed by atoms with van der Waals surface area (Å²) in [5, 5.41) is 4.83. The molecule has 2 nitrogen and oxygen atoms in total. The highest BCUT2D eigenvalue weighted by atomic mass is 79.9. The van der Waals surface area contributed by atoms with Gasteiger partial charge >= 0.3 is 0 Å². The average molecular weight is 351 g/mol. The summed E-state index contributed by atoms with van der Waals surface area (Å²) < 4.78 is 1.05. The zero-order valence-electron chi connectivity index (χ0n) is 11.9. The molecule has 1 heterocycles. The van der Waals surface area contributed by atoms with Crippen LogP contribution >= 0.6 is 27.7 Å². The van der Waals surface area contributed by atoms with E-state index in [-0.39, 0.29) is 0 Å². The van der Waals surface area contributed by atoms with Crippen LogP contribution < -0.4 is 5.32 Å².